The van der Waals surface area contributed by atoms with Crippen molar-refractivity contribution >= 4 is 23.5 Å². The molecule has 1 aromatic rings. The standard InChI is InChI=1S/C16H20ClNO5/c1-9(2)5-12(16(20)21)18-14(19)8-10-6-11(17)15-13(7-10)22-3-4-23-15/h6-7,9,12H,3-5,8H2,1-2H3,(H,18,19)(H,20,21). The third kappa shape index (κ3) is 4.76. The second kappa shape index (κ2) is 7.55. The highest BCUT2D eigenvalue weighted by Gasteiger charge is 2.22. The molecule has 1 aliphatic heterocycles. The van der Waals surface area contributed by atoms with Crippen molar-refractivity contribution in [2.75, 3.05) is 13.2 Å². The summed E-state index contributed by atoms with van der Waals surface area (Å²) in [4.78, 5) is 23.3. The number of aliphatic carboxylic acids is 1. The van der Waals surface area contributed by atoms with Crippen LogP contribution in [0, 0.1) is 5.92 Å². The molecule has 0 aliphatic carbocycles. The number of amides is 1. The van der Waals surface area contributed by atoms with E-state index in [2.05, 4.69) is 5.32 Å². The van der Waals surface area contributed by atoms with Gasteiger partial charge in [0, 0.05) is 0 Å². The lowest BCUT2D eigenvalue weighted by Gasteiger charge is -2.20. The molecule has 1 amide bonds. The number of hydrogen-bond acceptors (Lipinski definition) is 4. The number of carbonyl (C=O) groups is 2. The minimum atomic E-state index is -1.03. The van der Waals surface area contributed by atoms with Crippen molar-refractivity contribution in [3.8, 4) is 11.5 Å². The molecule has 0 bridgehead atoms. The molecule has 6 nitrogen and oxygen atoms in total. The summed E-state index contributed by atoms with van der Waals surface area (Å²) in [5.74, 6) is -0.257. The van der Waals surface area contributed by atoms with Crippen molar-refractivity contribution in [2.45, 2.75) is 32.7 Å². The Morgan fingerprint density at radius 1 is 1.30 bits per heavy atom. The van der Waals surface area contributed by atoms with Crippen LogP contribution in [0.5, 0.6) is 11.5 Å². The van der Waals surface area contributed by atoms with Crippen LogP contribution in [0.2, 0.25) is 5.02 Å². The van der Waals surface area contributed by atoms with Crippen LogP contribution in [-0.4, -0.2) is 36.2 Å². The Hall–Kier alpha value is -1.95. The van der Waals surface area contributed by atoms with E-state index >= 15 is 0 Å². The molecule has 0 saturated carbocycles. The first kappa shape index (κ1) is 17.4. The van der Waals surface area contributed by atoms with E-state index in [0.29, 0.717) is 41.7 Å². The lowest BCUT2D eigenvalue weighted by Crippen LogP contribution is -2.42. The van der Waals surface area contributed by atoms with E-state index in [0.717, 1.165) is 0 Å². The lowest BCUT2D eigenvalue weighted by atomic mass is 10.0. The molecule has 2 rings (SSSR count). The largest absolute Gasteiger partial charge is 0.486 e. The van der Waals surface area contributed by atoms with Crippen LogP contribution in [0.15, 0.2) is 12.1 Å². The Balaban J connectivity index is 2.05. The third-order valence-corrected chi connectivity index (χ3v) is 3.64. The zero-order valence-corrected chi connectivity index (χ0v) is 13.9. The molecule has 0 spiro atoms. The van der Waals surface area contributed by atoms with Crippen molar-refractivity contribution < 1.29 is 24.2 Å². The van der Waals surface area contributed by atoms with Crippen LogP contribution in [-0.2, 0) is 16.0 Å². The maximum absolute atomic E-state index is 12.1. The van der Waals surface area contributed by atoms with Crippen LogP contribution < -0.4 is 14.8 Å². The highest BCUT2D eigenvalue weighted by molar-refractivity contribution is 6.32. The normalized spacial score (nSPS) is 14.4. The number of halogens is 1. The zero-order chi connectivity index (χ0) is 17.0. The van der Waals surface area contributed by atoms with Crippen LogP contribution in [0.3, 0.4) is 0 Å². The second-order valence-corrected chi connectivity index (χ2v) is 6.27. The highest BCUT2D eigenvalue weighted by atomic mass is 35.5. The Kier molecular flexibility index (Phi) is 5.71. The van der Waals surface area contributed by atoms with Gasteiger partial charge in [0.25, 0.3) is 0 Å². The summed E-state index contributed by atoms with van der Waals surface area (Å²) >= 11 is 6.12. The quantitative estimate of drug-likeness (QED) is 0.829. The molecule has 0 aromatic heterocycles. The number of benzene rings is 1. The summed E-state index contributed by atoms with van der Waals surface area (Å²) in [6.07, 6.45) is 0.404. The number of fused-ring (bicyclic) bond motifs is 1. The first-order chi connectivity index (χ1) is 10.9. The van der Waals surface area contributed by atoms with Gasteiger partial charge in [0.05, 0.1) is 11.4 Å². The Bertz CT molecular complexity index is 602. The molecular weight excluding hydrogens is 322 g/mol. The van der Waals surface area contributed by atoms with Crippen LogP contribution in [0.1, 0.15) is 25.8 Å². The van der Waals surface area contributed by atoms with Gasteiger partial charge < -0.3 is 19.9 Å². The summed E-state index contributed by atoms with van der Waals surface area (Å²) < 4.78 is 10.9. The Morgan fingerprint density at radius 2 is 2.00 bits per heavy atom. The van der Waals surface area contributed by atoms with Crippen molar-refractivity contribution in [3.05, 3.63) is 22.7 Å². The number of rotatable bonds is 6. The molecule has 0 fully saturated rings. The summed E-state index contributed by atoms with van der Waals surface area (Å²) in [6.45, 7) is 4.67. The summed E-state index contributed by atoms with van der Waals surface area (Å²) in [6, 6.07) is 2.43. The Labute approximate surface area is 139 Å². The molecule has 126 valence electrons. The molecular formula is C16H20ClNO5. The SMILES string of the molecule is CC(C)CC(NC(=O)Cc1cc(Cl)c2c(c1)OCCO2)C(=O)O. The fourth-order valence-corrected chi connectivity index (χ4v) is 2.68. The van der Waals surface area contributed by atoms with E-state index in [-0.39, 0.29) is 18.2 Å². The fraction of sp³-hybridized carbons (Fsp3) is 0.500. The number of ether oxygens (including phenoxy) is 2. The molecule has 0 saturated heterocycles. The van der Waals surface area contributed by atoms with E-state index in [9.17, 15) is 9.59 Å². The van der Waals surface area contributed by atoms with Gasteiger partial charge in [-0.1, -0.05) is 25.4 Å². The van der Waals surface area contributed by atoms with Crippen LogP contribution in [0.4, 0.5) is 0 Å². The van der Waals surface area contributed by atoms with Gasteiger partial charge in [0.15, 0.2) is 11.5 Å². The minimum Gasteiger partial charge on any atom is -0.486 e. The van der Waals surface area contributed by atoms with Crippen LogP contribution in [0.25, 0.3) is 0 Å². The van der Waals surface area contributed by atoms with Gasteiger partial charge in [0.2, 0.25) is 5.91 Å². The molecule has 2 N–H and O–H groups in total. The molecule has 1 heterocycles. The van der Waals surface area contributed by atoms with Gasteiger partial charge in [-0.3, -0.25) is 4.79 Å². The number of nitrogens with one attached hydrogen (secondary N) is 1. The summed E-state index contributed by atoms with van der Waals surface area (Å²) in [5, 5.41) is 12.1. The van der Waals surface area contributed by atoms with Crippen molar-refractivity contribution in [1.82, 2.24) is 5.32 Å². The average Bonchev–Trinajstić information content (AvgIpc) is 2.46. The topological polar surface area (TPSA) is 84.9 Å². The lowest BCUT2D eigenvalue weighted by molar-refractivity contribution is -0.142. The third-order valence-electron chi connectivity index (χ3n) is 3.36. The maximum Gasteiger partial charge on any atom is 0.326 e. The van der Waals surface area contributed by atoms with Crippen molar-refractivity contribution in [1.29, 1.82) is 0 Å². The minimum absolute atomic E-state index is 0.0260. The van der Waals surface area contributed by atoms with Gasteiger partial charge in [-0.25, -0.2) is 4.79 Å². The van der Waals surface area contributed by atoms with E-state index in [4.69, 9.17) is 26.2 Å². The average molecular weight is 342 g/mol. The van der Waals surface area contributed by atoms with E-state index in [1.165, 1.54) is 0 Å². The molecule has 0 radical (unpaired) electrons. The highest BCUT2D eigenvalue weighted by Crippen LogP contribution is 2.38. The number of hydrogen-bond donors (Lipinski definition) is 2. The maximum atomic E-state index is 12.1. The number of carboxylic acid groups (broad SMARTS) is 1. The smallest absolute Gasteiger partial charge is 0.326 e. The summed E-state index contributed by atoms with van der Waals surface area (Å²) in [7, 11) is 0. The molecule has 7 heteroatoms. The second-order valence-electron chi connectivity index (χ2n) is 5.87. The molecule has 1 unspecified atom stereocenters. The summed E-state index contributed by atoms with van der Waals surface area (Å²) in [5.41, 5.74) is 0.644. The van der Waals surface area contributed by atoms with E-state index in [1.807, 2.05) is 13.8 Å². The predicted molar refractivity (Wildman–Crippen MR) is 85.2 cm³/mol. The molecule has 1 atom stereocenters. The van der Waals surface area contributed by atoms with Crippen LogP contribution >= 0.6 is 11.6 Å². The van der Waals surface area contributed by atoms with Crippen molar-refractivity contribution in [3.63, 3.8) is 0 Å². The first-order valence-electron chi connectivity index (χ1n) is 7.47. The van der Waals surface area contributed by atoms with E-state index < -0.39 is 12.0 Å². The zero-order valence-electron chi connectivity index (χ0n) is 13.1. The monoisotopic (exact) mass is 341 g/mol. The van der Waals surface area contributed by atoms with E-state index in [1.54, 1.807) is 12.1 Å². The number of carboxylic acids is 1. The molecule has 23 heavy (non-hydrogen) atoms. The predicted octanol–water partition coefficient (Wildman–Crippen LogP) is 2.27. The fourth-order valence-electron chi connectivity index (χ4n) is 2.39. The molecule has 1 aromatic carbocycles. The van der Waals surface area contributed by atoms with Gasteiger partial charge in [-0.2, -0.15) is 0 Å². The first-order valence-corrected chi connectivity index (χ1v) is 7.84. The Morgan fingerprint density at radius 3 is 2.65 bits per heavy atom. The van der Waals surface area contributed by atoms with Crippen molar-refractivity contribution in [2.24, 2.45) is 5.92 Å². The van der Waals surface area contributed by atoms with Gasteiger partial charge >= 0.3 is 5.97 Å². The molecule has 1 aliphatic rings. The number of carbonyl (C=O) groups excluding carboxylic acids is 1. The van der Waals surface area contributed by atoms with Gasteiger partial charge in [-0.15, -0.1) is 0 Å². The van der Waals surface area contributed by atoms with Gasteiger partial charge in [0.1, 0.15) is 19.3 Å². The van der Waals surface area contributed by atoms with Gasteiger partial charge in [-0.05, 0) is 30.0 Å².